The molecule has 0 radical (unpaired) electrons. The number of rotatable bonds is 1. The molecule has 0 N–H and O–H groups in total. The lowest BCUT2D eigenvalue weighted by Crippen LogP contribution is -2.25. The van der Waals surface area contributed by atoms with Gasteiger partial charge >= 0.3 is 0 Å². The van der Waals surface area contributed by atoms with Crippen molar-refractivity contribution in [3.05, 3.63) is 66.0 Å². The van der Waals surface area contributed by atoms with Crippen LogP contribution < -0.4 is 0 Å². The molecule has 2 fully saturated rings. The highest BCUT2D eigenvalue weighted by Gasteiger charge is 2.43. The van der Waals surface area contributed by atoms with Gasteiger partial charge in [-0.1, -0.05) is 36.4 Å². The summed E-state index contributed by atoms with van der Waals surface area (Å²) >= 11 is 0. The first-order valence-corrected chi connectivity index (χ1v) is 10.7. The van der Waals surface area contributed by atoms with Gasteiger partial charge in [-0.2, -0.15) is 0 Å². The molecule has 3 nitrogen and oxygen atoms in total. The predicted octanol–water partition coefficient (Wildman–Crippen LogP) is 5.96. The van der Waals surface area contributed by atoms with Crippen molar-refractivity contribution in [1.82, 2.24) is 14.5 Å². The Bertz CT molecular complexity index is 1170. The largest absolute Gasteiger partial charge is 0.278 e. The summed E-state index contributed by atoms with van der Waals surface area (Å²) in [5.41, 5.74) is 5.21. The second-order valence-corrected chi connectivity index (χ2v) is 9.18. The molecular formula is C25H23N3. The first-order valence-electron chi connectivity index (χ1n) is 10.7. The molecule has 4 aromatic rings. The van der Waals surface area contributed by atoms with Gasteiger partial charge in [0.2, 0.25) is 5.95 Å². The molecule has 3 heteroatoms. The third-order valence-electron chi connectivity index (χ3n) is 7.58. The van der Waals surface area contributed by atoms with Gasteiger partial charge in [0.15, 0.2) is 0 Å². The van der Waals surface area contributed by atoms with E-state index >= 15 is 0 Å². The molecule has 2 heterocycles. The van der Waals surface area contributed by atoms with Gasteiger partial charge in [0, 0.05) is 22.9 Å². The van der Waals surface area contributed by atoms with Crippen LogP contribution in [0.5, 0.6) is 0 Å². The molecule has 0 aliphatic heterocycles. The fraction of sp³-hybridized carbons (Fsp3) is 0.360. The summed E-state index contributed by atoms with van der Waals surface area (Å²) in [5, 5.41) is 2.55. The van der Waals surface area contributed by atoms with Crippen LogP contribution in [0.2, 0.25) is 0 Å². The summed E-state index contributed by atoms with van der Waals surface area (Å²) in [5.74, 6) is 4.00. The summed E-state index contributed by atoms with van der Waals surface area (Å²) in [6, 6.07) is 17.3. The quantitative estimate of drug-likeness (QED) is 0.416. The zero-order valence-electron chi connectivity index (χ0n) is 15.9. The van der Waals surface area contributed by atoms with Gasteiger partial charge in [0.25, 0.3) is 0 Å². The molecule has 8 rings (SSSR count). The molecule has 0 spiro atoms. The van der Waals surface area contributed by atoms with Gasteiger partial charge in [0.1, 0.15) is 0 Å². The lowest BCUT2D eigenvalue weighted by molar-refractivity contribution is 0.165. The topological polar surface area (TPSA) is 30.7 Å². The number of para-hydroxylation sites is 2. The first kappa shape index (κ1) is 15.3. The number of hydrogen-bond donors (Lipinski definition) is 0. The van der Waals surface area contributed by atoms with E-state index in [1.165, 1.54) is 65.2 Å². The van der Waals surface area contributed by atoms with Crippen molar-refractivity contribution in [2.45, 2.75) is 43.9 Å². The zero-order chi connectivity index (χ0) is 18.2. The van der Waals surface area contributed by atoms with E-state index in [4.69, 9.17) is 9.97 Å². The second kappa shape index (κ2) is 5.44. The molecule has 0 amide bonds. The average molecular weight is 365 g/mol. The number of benzene rings is 2. The Hall–Kier alpha value is -2.68. The zero-order valence-corrected chi connectivity index (χ0v) is 15.9. The van der Waals surface area contributed by atoms with Crippen LogP contribution in [0.25, 0.3) is 27.8 Å². The summed E-state index contributed by atoms with van der Waals surface area (Å²) in [6.45, 7) is 0. The van der Waals surface area contributed by atoms with Gasteiger partial charge < -0.3 is 0 Å². The van der Waals surface area contributed by atoms with E-state index < -0.39 is 0 Å². The highest BCUT2D eigenvalue weighted by Crippen LogP contribution is 2.55. The number of nitrogens with zero attached hydrogens (tertiary/aromatic N) is 3. The van der Waals surface area contributed by atoms with Gasteiger partial charge in [-0.3, -0.25) is 4.57 Å². The maximum Gasteiger partial charge on any atom is 0.234 e. The Morgan fingerprint density at radius 2 is 1.32 bits per heavy atom. The molecule has 28 heavy (non-hydrogen) atoms. The van der Waals surface area contributed by atoms with Crippen molar-refractivity contribution in [1.29, 1.82) is 0 Å². The SMILES string of the molecule is c1ccc2c(c1)c1ccccc1n2-c1ncc2c(n1)C1CC3CC(CC2C3)C1. The van der Waals surface area contributed by atoms with Crippen LogP contribution in [0.1, 0.15) is 55.2 Å². The minimum absolute atomic E-state index is 0.640. The van der Waals surface area contributed by atoms with Crippen LogP contribution in [-0.4, -0.2) is 14.5 Å². The lowest BCUT2D eigenvalue weighted by Gasteiger charge is -2.38. The van der Waals surface area contributed by atoms with E-state index in [1.54, 1.807) is 0 Å². The van der Waals surface area contributed by atoms with E-state index in [9.17, 15) is 0 Å². The van der Waals surface area contributed by atoms with Crippen molar-refractivity contribution < 1.29 is 0 Å². The fourth-order valence-electron chi connectivity index (χ4n) is 6.61. The third-order valence-corrected chi connectivity index (χ3v) is 7.58. The molecule has 2 unspecified atom stereocenters. The predicted molar refractivity (Wildman–Crippen MR) is 112 cm³/mol. The summed E-state index contributed by atoms with van der Waals surface area (Å²) < 4.78 is 2.26. The number of fused-ring (bicyclic) bond motifs is 3. The summed E-state index contributed by atoms with van der Waals surface area (Å²) in [4.78, 5) is 10.2. The monoisotopic (exact) mass is 365 g/mol. The van der Waals surface area contributed by atoms with Gasteiger partial charge in [-0.25, -0.2) is 9.97 Å². The maximum atomic E-state index is 5.27. The molecular weight excluding hydrogens is 342 g/mol. The molecule has 4 bridgehead atoms. The Labute approximate surface area is 164 Å². The summed E-state index contributed by atoms with van der Waals surface area (Å²) in [6.07, 6.45) is 9.02. The van der Waals surface area contributed by atoms with Crippen LogP contribution in [0, 0.1) is 11.8 Å². The van der Waals surface area contributed by atoms with Gasteiger partial charge in [-0.05, 0) is 67.6 Å². The minimum atomic E-state index is 0.640. The van der Waals surface area contributed by atoms with Crippen molar-refractivity contribution >= 4 is 21.8 Å². The van der Waals surface area contributed by atoms with E-state index in [0.717, 1.165) is 17.8 Å². The van der Waals surface area contributed by atoms with Crippen LogP contribution in [0.15, 0.2) is 54.7 Å². The molecule has 0 saturated heterocycles. The van der Waals surface area contributed by atoms with E-state index in [1.807, 2.05) is 0 Å². The smallest absolute Gasteiger partial charge is 0.234 e. The highest BCUT2D eigenvalue weighted by molar-refractivity contribution is 6.08. The molecule has 2 atom stereocenters. The third kappa shape index (κ3) is 1.99. The number of hydrogen-bond acceptors (Lipinski definition) is 2. The standard InChI is InChI=1S/C25H23N3/c1-3-7-22-19(5-1)20-6-2-4-8-23(20)28(22)25-26-14-21-17-10-15-9-16(11-17)13-18(12-15)24(21)27-25/h1-8,14-18H,9-13H2. The van der Waals surface area contributed by atoms with E-state index in [-0.39, 0.29) is 0 Å². The molecule has 4 aliphatic carbocycles. The molecule has 138 valence electrons. The fourth-order valence-corrected chi connectivity index (χ4v) is 6.61. The van der Waals surface area contributed by atoms with E-state index in [0.29, 0.717) is 11.8 Å². The van der Waals surface area contributed by atoms with Crippen molar-refractivity contribution in [2.75, 3.05) is 0 Å². The Balaban J connectivity index is 1.49. The van der Waals surface area contributed by atoms with Crippen molar-refractivity contribution in [2.24, 2.45) is 11.8 Å². The maximum absolute atomic E-state index is 5.27. The second-order valence-electron chi connectivity index (χ2n) is 9.18. The Morgan fingerprint density at radius 1 is 0.714 bits per heavy atom. The van der Waals surface area contributed by atoms with Crippen LogP contribution in [-0.2, 0) is 0 Å². The Kier molecular flexibility index (Phi) is 2.96. The first-order chi connectivity index (χ1) is 13.8. The summed E-state index contributed by atoms with van der Waals surface area (Å²) in [7, 11) is 0. The minimum Gasteiger partial charge on any atom is -0.278 e. The van der Waals surface area contributed by atoms with Crippen molar-refractivity contribution in [3.8, 4) is 5.95 Å². The molecule has 2 aromatic heterocycles. The van der Waals surface area contributed by atoms with Crippen LogP contribution in [0.4, 0.5) is 0 Å². The average Bonchev–Trinajstić information content (AvgIpc) is 2.97. The van der Waals surface area contributed by atoms with Crippen molar-refractivity contribution in [3.63, 3.8) is 0 Å². The normalized spacial score (nSPS) is 28.0. The van der Waals surface area contributed by atoms with E-state index in [2.05, 4.69) is 59.3 Å². The molecule has 2 aromatic carbocycles. The lowest BCUT2D eigenvalue weighted by atomic mass is 9.67. The van der Waals surface area contributed by atoms with Crippen LogP contribution in [0.3, 0.4) is 0 Å². The molecule has 4 aliphatic rings. The molecule has 2 saturated carbocycles. The highest BCUT2D eigenvalue weighted by atomic mass is 15.2. The van der Waals surface area contributed by atoms with Gasteiger partial charge in [-0.15, -0.1) is 0 Å². The van der Waals surface area contributed by atoms with Gasteiger partial charge in [0.05, 0.1) is 16.7 Å². The van der Waals surface area contributed by atoms with Crippen LogP contribution >= 0.6 is 0 Å². The Morgan fingerprint density at radius 3 is 2.00 bits per heavy atom. The number of aromatic nitrogens is 3.